The van der Waals surface area contributed by atoms with Crippen molar-refractivity contribution in [1.82, 2.24) is 4.98 Å². The number of aryl methyl sites for hydroxylation is 1. The van der Waals surface area contributed by atoms with Gasteiger partial charge < -0.3 is 9.84 Å². The van der Waals surface area contributed by atoms with Crippen LogP contribution in [0.25, 0.3) is 11.3 Å². The number of methoxy groups -OCH3 is 1. The maximum Gasteiger partial charge on any atom is 0.335 e. The molecule has 19 heavy (non-hydrogen) atoms. The van der Waals surface area contributed by atoms with Gasteiger partial charge in [0.25, 0.3) is 0 Å². The third kappa shape index (κ3) is 3.62. The van der Waals surface area contributed by atoms with Crippen molar-refractivity contribution in [1.29, 1.82) is 0 Å². The molecule has 0 atom stereocenters. The van der Waals surface area contributed by atoms with Crippen LogP contribution in [0.4, 0.5) is 0 Å². The summed E-state index contributed by atoms with van der Waals surface area (Å²) in [5.41, 5.74) is 2.13. The molecule has 0 fully saturated rings. The fourth-order valence-corrected chi connectivity index (χ4v) is 2.56. The van der Waals surface area contributed by atoms with E-state index in [9.17, 15) is 4.79 Å². The lowest BCUT2D eigenvalue weighted by molar-refractivity contribution is 0.0697. The molecule has 0 spiro atoms. The molecule has 0 unspecified atom stereocenters. The second-order valence-corrected chi connectivity index (χ2v) is 5.05. The molecule has 0 saturated heterocycles. The molecule has 0 amide bonds. The standard InChI is InChI=1S/C14H15NO3S/c1-18-8-2-3-13-15-12(9-19-13)10-4-6-11(7-5-10)14(16)17/h4-7,9H,2-3,8H2,1H3,(H,16,17). The molecule has 0 aliphatic carbocycles. The maximum absolute atomic E-state index is 10.8. The summed E-state index contributed by atoms with van der Waals surface area (Å²) in [4.78, 5) is 15.3. The number of carbonyl (C=O) groups is 1. The van der Waals surface area contributed by atoms with E-state index < -0.39 is 5.97 Å². The second kappa shape index (κ2) is 6.45. The van der Waals surface area contributed by atoms with Crippen LogP contribution >= 0.6 is 11.3 Å². The summed E-state index contributed by atoms with van der Waals surface area (Å²) in [7, 11) is 1.69. The summed E-state index contributed by atoms with van der Waals surface area (Å²) in [5.74, 6) is -0.912. The highest BCUT2D eigenvalue weighted by molar-refractivity contribution is 7.09. The van der Waals surface area contributed by atoms with Crippen molar-refractivity contribution in [2.45, 2.75) is 12.8 Å². The molecule has 0 aliphatic heterocycles. The largest absolute Gasteiger partial charge is 0.478 e. The molecule has 4 nitrogen and oxygen atoms in total. The first kappa shape index (κ1) is 13.7. The number of carboxylic acids is 1. The number of aromatic nitrogens is 1. The predicted molar refractivity (Wildman–Crippen MR) is 74.7 cm³/mol. The van der Waals surface area contributed by atoms with Crippen molar-refractivity contribution in [3.05, 3.63) is 40.2 Å². The summed E-state index contributed by atoms with van der Waals surface area (Å²) in [5, 5.41) is 11.9. The van der Waals surface area contributed by atoms with Crippen molar-refractivity contribution in [3.8, 4) is 11.3 Å². The van der Waals surface area contributed by atoms with Gasteiger partial charge in [-0.05, 0) is 18.6 Å². The van der Waals surface area contributed by atoms with Crippen molar-refractivity contribution in [2.75, 3.05) is 13.7 Å². The molecule has 0 radical (unpaired) electrons. The van der Waals surface area contributed by atoms with Gasteiger partial charge in [-0.1, -0.05) is 12.1 Å². The van der Waals surface area contributed by atoms with Gasteiger partial charge in [-0.15, -0.1) is 11.3 Å². The molecule has 0 bridgehead atoms. The van der Waals surface area contributed by atoms with Gasteiger partial charge in [0.1, 0.15) is 0 Å². The Morgan fingerprint density at radius 2 is 2.11 bits per heavy atom. The molecule has 2 rings (SSSR count). The molecule has 1 N–H and O–H groups in total. The lowest BCUT2D eigenvalue weighted by atomic mass is 10.1. The summed E-state index contributed by atoms with van der Waals surface area (Å²) in [6.07, 6.45) is 1.87. The van der Waals surface area contributed by atoms with Crippen LogP contribution in [0.3, 0.4) is 0 Å². The van der Waals surface area contributed by atoms with Crippen LogP contribution in [0.1, 0.15) is 21.8 Å². The minimum atomic E-state index is -0.912. The fourth-order valence-electron chi connectivity index (χ4n) is 1.71. The van der Waals surface area contributed by atoms with Gasteiger partial charge >= 0.3 is 5.97 Å². The van der Waals surface area contributed by atoms with E-state index in [-0.39, 0.29) is 0 Å². The van der Waals surface area contributed by atoms with Gasteiger partial charge in [0.05, 0.1) is 16.3 Å². The van der Waals surface area contributed by atoms with Gasteiger partial charge in [0.15, 0.2) is 0 Å². The van der Waals surface area contributed by atoms with E-state index in [1.54, 1.807) is 42.7 Å². The van der Waals surface area contributed by atoms with E-state index >= 15 is 0 Å². The van der Waals surface area contributed by atoms with E-state index in [1.165, 1.54) is 0 Å². The Hall–Kier alpha value is -1.72. The normalized spacial score (nSPS) is 10.6. The molecule has 1 aromatic carbocycles. The van der Waals surface area contributed by atoms with E-state index in [0.29, 0.717) is 5.56 Å². The van der Waals surface area contributed by atoms with Crippen molar-refractivity contribution in [3.63, 3.8) is 0 Å². The first-order chi connectivity index (χ1) is 9.20. The second-order valence-electron chi connectivity index (χ2n) is 4.11. The Morgan fingerprint density at radius 1 is 1.37 bits per heavy atom. The van der Waals surface area contributed by atoms with Gasteiger partial charge in [0, 0.05) is 31.1 Å². The highest BCUT2D eigenvalue weighted by atomic mass is 32.1. The van der Waals surface area contributed by atoms with Crippen molar-refractivity contribution in [2.24, 2.45) is 0 Å². The van der Waals surface area contributed by atoms with Gasteiger partial charge in [-0.3, -0.25) is 0 Å². The first-order valence-corrected chi connectivity index (χ1v) is 6.85. The highest BCUT2D eigenvalue weighted by Gasteiger charge is 2.06. The van der Waals surface area contributed by atoms with Crippen LogP contribution in [-0.4, -0.2) is 29.8 Å². The average molecular weight is 277 g/mol. The Bertz CT molecular complexity index is 548. The van der Waals surface area contributed by atoms with Crippen LogP contribution in [0.15, 0.2) is 29.6 Å². The molecule has 0 aliphatic rings. The number of thiazole rings is 1. The summed E-state index contributed by atoms with van der Waals surface area (Å²) >= 11 is 1.62. The molecule has 1 heterocycles. The monoisotopic (exact) mass is 277 g/mol. The molecular formula is C14H15NO3S. The predicted octanol–water partition coefficient (Wildman–Crippen LogP) is 3.09. The number of hydrogen-bond donors (Lipinski definition) is 1. The average Bonchev–Trinajstić information content (AvgIpc) is 2.88. The summed E-state index contributed by atoms with van der Waals surface area (Å²) in [6, 6.07) is 6.78. The highest BCUT2D eigenvalue weighted by Crippen LogP contribution is 2.23. The summed E-state index contributed by atoms with van der Waals surface area (Å²) in [6.45, 7) is 0.738. The third-order valence-corrected chi connectivity index (χ3v) is 3.63. The Kier molecular flexibility index (Phi) is 4.65. The summed E-state index contributed by atoms with van der Waals surface area (Å²) < 4.78 is 5.01. The lowest BCUT2D eigenvalue weighted by Gasteiger charge is -1.98. The number of benzene rings is 1. The maximum atomic E-state index is 10.8. The van der Waals surface area contributed by atoms with Gasteiger partial charge in [0.2, 0.25) is 0 Å². The number of ether oxygens (including phenoxy) is 1. The molecule has 5 heteroatoms. The van der Waals surface area contributed by atoms with E-state index in [0.717, 1.165) is 35.7 Å². The minimum Gasteiger partial charge on any atom is -0.478 e. The first-order valence-electron chi connectivity index (χ1n) is 5.98. The van der Waals surface area contributed by atoms with Crippen molar-refractivity contribution < 1.29 is 14.6 Å². The zero-order chi connectivity index (χ0) is 13.7. The van der Waals surface area contributed by atoms with Crippen LogP contribution in [-0.2, 0) is 11.2 Å². The molecular weight excluding hydrogens is 262 g/mol. The van der Waals surface area contributed by atoms with Crippen LogP contribution in [0.2, 0.25) is 0 Å². The number of aromatic carboxylic acids is 1. The quantitative estimate of drug-likeness (QED) is 0.824. The molecule has 2 aromatic rings. The van der Waals surface area contributed by atoms with E-state index in [2.05, 4.69) is 4.98 Å². The number of nitrogens with zero attached hydrogens (tertiary/aromatic N) is 1. The van der Waals surface area contributed by atoms with Crippen LogP contribution in [0, 0.1) is 0 Å². The fraction of sp³-hybridized carbons (Fsp3) is 0.286. The van der Waals surface area contributed by atoms with E-state index in [4.69, 9.17) is 9.84 Å². The van der Waals surface area contributed by atoms with E-state index in [1.807, 2.05) is 5.38 Å². The lowest BCUT2D eigenvalue weighted by Crippen LogP contribution is -1.95. The number of carboxylic acid groups (broad SMARTS) is 1. The zero-order valence-corrected chi connectivity index (χ0v) is 11.4. The van der Waals surface area contributed by atoms with Crippen molar-refractivity contribution >= 4 is 17.3 Å². The third-order valence-electron chi connectivity index (χ3n) is 2.72. The van der Waals surface area contributed by atoms with Crippen LogP contribution < -0.4 is 0 Å². The minimum absolute atomic E-state index is 0.291. The Balaban J connectivity index is 2.07. The Morgan fingerprint density at radius 3 is 2.74 bits per heavy atom. The molecule has 1 aromatic heterocycles. The van der Waals surface area contributed by atoms with Gasteiger partial charge in [-0.25, -0.2) is 9.78 Å². The van der Waals surface area contributed by atoms with Crippen LogP contribution in [0.5, 0.6) is 0 Å². The molecule has 0 saturated carbocycles. The SMILES string of the molecule is COCCCc1nc(-c2ccc(C(=O)O)cc2)cs1. The smallest absolute Gasteiger partial charge is 0.335 e. The topological polar surface area (TPSA) is 59.4 Å². The Labute approximate surface area is 115 Å². The van der Waals surface area contributed by atoms with Gasteiger partial charge in [-0.2, -0.15) is 0 Å². The zero-order valence-electron chi connectivity index (χ0n) is 10.6. The molecule has 100 valence electrons. The number of rotatable bonds is 6. The number of hydrogen-bond acceptors (Lipinski definition) is 4.